The van der Waals surface area contributed by atoms with E-state index in [1.165, 1.54) is 9.75 Å². The molecule has 0 bridgehead atoms. The van der Waals surface area contributed by atoms with Crippen molar-refractivity contribution >= 4 is 41.0 Å². The molecule has 22 heavy (non-hydrogen) atoms. The molecule has 3 nitrogen and oxygen atoms in total. The van der Waals surface area contributed by atoms with Gasteiger partial charge in [0.1, 0.15) is 0 Å². The van der Waals surface area contributed by atoms with Crippen molar-refractivity contribution in [3.8, 4) is 0 Å². The van der Waals surface area contributed by atoms with E-state index in [0.717, 1.165) is 19.4 Å². The summed E-state index contributed by atoms with van der Waals surface area (Å²) in [6.45, 7) is 3.08. The second-order valence-corrected chi connectivity index (χ2v) is 7.51. The zero-order valence-corrected chi connectivity index (χ0v) is 14.9. The molecule has 1 amide bonds. The van der Waals surface area contributed by atoms with Gasteiger partial charge in [0.25, 0.3) is 0 Å². The highest BCUT2D eigenvalue weighted by atomic mass is 35.5. The lowest BCUT2D eigenvalue weighted by molar-refractivity contribution is -0.126. The molecular weight excluding hydrogens is 336 g/mol. The Balaban J connectivity index is 0.00000176. The molecule has 2 aromatic rings. The van der Waals surface area contributed by atoms with Gasteiger partial charge in [0, 0.05) is 21.7 Å². The molecule has 0 aliphatic carbocycles. The van der Waals surface area contributed by atoms with Crippen LogP contribution in [0.1, 0.15) is 35.6 Å². The van der Waals surface area contributed by atoms with E-state index in [4.69, 9.17) is 0 Å². The third-order valence-electron chi connectivity index (χ3n) is 3.94. The Morgan fingerprint density at radius 3 is 2.41 bits per heavy atom. The van der Waals surface area contributed by atoms with Crippen LogP contribution in [0.3, 0.4) is 0 Å². The molecule has 2 N–H and O–H groups in total. The summed E-state index contributed by atoms with van der Waals surface area (Å²) in [5, 5.41) is 10.8. The van der Waals surface area contributed by atoms with Gasteiger partial charge in [-0.2, -0.15) is 0 Å². The van der Waals surface area contributed by atoms with Crippen LogP contribution in [-0.4, -0.2) is 18.5 Å². The lowest BCUT2D eigenvalue weighted by Gasteiger charge is -2.28. The summed E-state index contributed by atoms with van der Waals surface area (Å²) in [5.74, 6) is 0.318. The molecule has 3 rings (SSSR count). The normalized spacial score (nSPS) is 21.4. The molecule has 2 atom stereocenters. The lowest BCUT2D eigenvalue weighted by atomic mass is 9.92. The second-order valence-electron chi connectivity index (χ2n) is 5.55. The fourth-order valence-electron chi connectivity index (χ4n) is 2.82. The Hall–Kier alpha value is -0.880. The smallest absolute Gasteiger partial charge is 0.224 e. The van der Waals surface area contributed by atoms with Crippen molar-refractivity contribution in [2.24, 2.45) is 5.92 Å². The quantitative estimate of drug-likeness (QED) is 0.874. The average molecular weight is 357 g/mol. The first kappa shape index (κ1) is 17.5. The van der Waals surface area contributed by atoms with Crippen molar-refractivity contribution in [1.82, 2.24) is 10.6 Å². The average Bonchev–Trinajstić information content (AvgIpc) is 3.18. The van der Waals surface area contributed by atoms with Crippen molar-refractivity contribution in [3.63, 3.8) is 0 Å². The lowest BCUT2D eigenvalue weighted by Crippen LogP contribution is -2.43. The van der Waals surface area contributed by atoms with Crippen LogP contribution in [0.4, 0.5) is 0 Å². The maximum Gasteiger partial charge on any atom is 0.224 e. The van der Waals surface area contributed by atoms with Gasteiger partial charge >= 0.3 is 0 Å². The Morgan fingerprint density at radius 2 is 1.91 bits per heavy atom. The molecule has 1 saturated heterocycles. The largest absolute Gasteiger partial charge is 0.343 e. The molecule has 2 aromatic heterocycles. The Kier molecular flexibility index (Phi) is 6.44. The van der Waals surface area contributed by atoms with Crippen LogP contribution in [0.2, 0.25) is 0 Å². The third-order valence-corrected chi connectivity index (χ3v) is 5.81. The van der Waals surface area contributed by atoms with Crippen molar-refractivity contribution in [2.45, 2.75) is 31.8 Å². The van der Waals surface area contributed by atoms with Crippen LogP contribution in [0.15, 0.2) is 35.0 Å². The van der Waals surface area contributed by atoms with Crippen LogP contribution in [0.5, 0.6) is 0 Å². The van der Waals surface area contributed by atoms with Crippen LogP contribution in [0, 0.1) is 5.92 Å². The van der Waals surface area contributed by atoms with Crippen molar-refractivity contribution in [3.05, 3.63) is 44.8 Å². The predicted molar refractivity (Wildman–Crippen MR) is 96.1 cm³/mol. The molecule has 0 aromatic carbocycles. The topological polar surface area (TPSA) is 41.1 Å². The van der Waals surface area contributed by atoms with Crippen molar-refractivity contribution < 1.29 is 4.79 Å². The summed E-state index contributed by atoms with van der Waals surface area (Å²) < 4.78 is 0. The van der Waals surface area contributed by atoms with E-state index in [1.54, 1.807) is 22.7 Å². The van der Waals surface area contributed by atoms with Gasteiger partial charge in [0.05, 0.1) is 6.04 Å². The molecule has 0 spiro atoms. The van der Waals surface area contributed by atoms with Gasteiger partial charge in [0.2, 0.25) is 5.91 Å². The van der Waals surface area contributed by atoms with Gasteiger partial charge in [-0.15, -0.1) is 35.1 Å². The summed E-state index contributed by atoms with van der Waals surface area (Å²) in [5.41, 5.74) is 0. The number of carbonyl (C=O) groups is 1. The standard InChI is InChI=1S/C16H20N2OS2.ClH/c1-11-10-12(6-7-17-11)16(19)18-15(13-4-2-8-20-13)14-5-3-9-21-14;/h2-5,8-9,11-12,15,17H,6-7,10H2,1H3,(H,18,19);1H/t11-,12-;/m0./s1. The Labute approximate surface area is 145 Å². The predicted octanol–water partition coefficient (Wildman–Crippen LogP) is 3.83. The minimum absolute atomic E-state index is 0. The van der Waals surface area contributed by atoms with Gasteiger partial charge < -0.3 is 10.6 Å². The summed E-state index contributed by atoms with van der Waals surface area (Å²) in [6.07, 6.45) is 1.85. The molecule has 0 saturated carbocycles. The fourth-order valence-corrected chi connectivity index (χ4v) is 4.49. The molecule has 120 valence electrons. The van der Waals surface area contributed by atoms with Crippen molar-refractivity contribution in [1.29, 1.82) is 0 Å². The monoisotopic (exact) mass is 356 g/mol. The molecule has 0 unspecified atom stereocenters. The number of hydrogen-bond acceptors (Lipinski definition) is 4. The van der Waals surface area contributed by atoms with Crippen LogP contribution in [0.25, 0.3) is 0 Å². The Morgan fingerprint density at radius 1 is 1.27 bits per heavy atom. The van der Waals surface area contributed by atoms with E-state index >= 15 is 0 Å². The Bertz CT molecular complexity index is 537. The van der Waals surface area contributed by atoms with E-state index < -0.39 is 0 Å². The molecule has 0 radical (unpaired) electrons. The minimum atomic E-state index is 0. The third kappa shape index (κ3) is 4.10. The van der Waals surface area contributed by atoms with E-state index in [0.29, 0.717) is 6.04 Å². The molecule has 1 aliphatic heterocycles. The first-order chi connectivity index (χ1) is 10.2. The van der Waals surface area contributed by atoms with Crippen molar-refractivity contribution in [2.75, 3.05) is 6.54 Å². The zero-order chi connectivity index (χ0) is 14.7. The summed E-state index contributed by atoms with van der Waals surface area (Å²) >= 11 is 3.40. The minimum Gasteiger partial charge on any atom is -0.343 e. The van der Waals surface area contributed by atoms with Gasteiger partial charge in [-0.05, 0) is 49.2 Å². The van der Waals surface area contributed by atoms with E-state index in [9.17, 15) is 4.79 Å². The number of halogens is 1. The molecule has 6 heteroatoms. The van der Waals surface area contributed by atoms with E-state index in [1.807, 2.05) is 12.1 Å². The maximum absolute atomic E-state index is 12.6. The van der Waals surface area contributed by atoms with Gasteiger partial charge in [0.15, 0.2) is 0 Å². The number of hydrogen-bond donors (Lipinski definition) is 2. The van der Waals surface area contributed by atoms with Gasteiger partial charge in [-0.1, -0.05) is 12.1 Å². The molecule has 1 fully saturated rings. The first-order valence-electron chi connectivity index (χ1n) is 7.34. The zero-order valence-electron chi connectivity index (χ0n) is 12.5. The van der Waals surface area contributed by atoms with E-state index in [-0.39, 0.29) is 30.3 Å². The number of rotatable bonds is 4. The number of nitrogens with one attached hydrogen (secondary N) is 2. The molecule has 1 aliphatic rings. The van der Waals surface area contributed by atoms with E-state index in [2.05, 4.69) is 40.5 Å². The van der Waals surface area contributed by atoms with Crippen LogP contribution >= 0.6 is 35.1 Å². The summed E-state index contributed by atoms with van der Waals surface area (Å²) in [7, 11) is 0. The summed E-state index contributed by atoms with van der Waals surface area (Å²) in [4.78, 5) is 15.0. The number of amides is 1. The molecule has 3 heterocycles. The van der Waals surface area contributed by atoms with Gasteiger partial charge in [-0.25, -0.2) is 0 Å². The maximum atomic E-state index is 12.6. The number of carbonyl (C=O) groups excluding carboxylic acids is 1. The number of piperidine rings is 1. The summed E-state index contributed by atoms with van der Waals surface area (Å²) in [6, 6.07) is 8.71. The second kappa shape index (κ2) is 8.11. The highest BCUT2D eigenvalue weighted by Crippen LogP contribution is 2.30. The van der Waals surface area contributed by atoms with Crippen LogP contribution < -0.4 is 10.6 Å². The van der Waals surface area contributed by atoms with Gasteiger partial charge in [-0.3, -0.25) is 4.79 Å². The number of thiophene rings is 2. The SMILES string of the molecule is C[C@H]1C[C@@H](C(=O)NC(c2cccs2)c2cccs2)CCN1.Cl. The molecular formula is C16H21ClN2OS2. The fraction of sp³-hybridized carbons (Fsp3) is 0.438. The van der Waals surface area contributed by atoms with Crippen LogP contribution in [-0.2, 0) is 4.79 Å². The highest BCUT2D eigenvalue weighted by Gasteiger charge is 2.27. The first-order valence-corrected chi connectivity index (χ1v) is 9.10. The highest BCUT2D eigenvalue weighted by molar-refractivity contribution is 7.11.